The largest absolute Gasteiger partial charge is 0.497 e. The van der Waals surface area contributed by atoms with Gasteiger partial charge in [-0.25, -0.2) is 0 Å². The first-order chi connectivity index (χ1) is 64.8. The van der Waals surface area contributed by atoms with Gasteiger partial charge in [0.05, 0.1) is 69.6 Å². The highest BCUT2D eigenvalue weighted by Crippen LogP contribution is 2.41. The van der Waals surface area contributed by atoms with Gasteiger partial charge in [-0.1, -0.05) is 85.2 Å². The number of aliphatic carboxylic acids is 1. The number of methoxy groups -OCH3 is 5. The molecule has 16 rings (SSSR count). The van der Waals surface area contributed by atoms with Crippen molar-refractivity contribution in [1.29, 1.82) is 0 Å². The summed E-state index contributed by atoms with van der Waals surface area (Å²) >= 11 is 29.8. The van der Waals surface area contributed by atoms with E-state index in [1.54, 1.807) is 226 Å². The summed E-state index contributed by atoms with van der Waals surface area (Å²) in [6.07, 6.45) is 8.68. The Labute approximate surface area is 808 Å². The predicted molar refractivity (Wildman–Crippen MR) is 535 cm³/mol. The van der Waals surface area contributed by atoms with Crippen molar-refractivity contribution in [3.63, 3.8) is 0 Å². The van der Waals surface area contributed by atoms with E-state index < -0.39 is 5.97 Å². The molecule has 0 spiro atoms. The van der Waals surface area contributed by atoms with E-state index in [4.69, 9.17) is 81.7 Å². The zero-order valence-electron chi connectivity index (χ0n) is 77.6. The maximum atomic E-state index is 13.3. The number of benzene rings is 10. The molecule has 1 N–H and O–H groups in total. The molecule has 698 valence electrons. The van der Waals surface area contributed by atoms with E-state index in [2.05, 4.69) is 6.92 Å². The third-order valence-corrected chi connectivity index (χ3v) is 25.5. The van der Waals surface area contributed by atoms with Crippen molar-refractivity contribution >= 4 is 171 Å². The summed E-state index contributed by atoms with van der Waals surface area (Å²) in [6.45, 7) is 14.5. The standard InChI is InChI=1S/C22H20ClNO3.3C22H22ClNO3.C21H20ClNO4/c1-13(25)15-5-9-18-19-12-17(27-2)8-10-20(19)24(21(18)11-15)22(26)14-3-6-16(23)7-4-14;1-14(25)5-4-6-20-15(2)19-13-18(27-3)11-12-21(19)24(20)22(26)16-7-9-17(23)10-8-16;1-4-20-18(11-5-14(2)25)19-13-17(27-3)10-12-21(19)24(20)22(26)15-6-8-16(23)9-7-15;1-4-18-19-13-17(27-3)10-12-21(19)24(20(18)11-5-14(2)25)22(26)15-6-8-16(23)9-7-15;1-3-4-18-17(12-20(24)25)16-11-15(27-2)9-10-19(16)23(18)21(26)13-5-7-14(22)8-6-13/h3-4,6-8,10,12,15H,5,9,11H2,1-2H3;7-13H,4-6H2,1-3H3;2*6-10,12-13H,4-5,11H2,1-3H3;5-11H,3-4,12H2,1-2H3,(H,24,25). The van der Waals surface area contributed by atoms with Crippen molar-refractivity contribution in [3.8, 4) is 28.7 Å². The van der Waals surface area contributed by atoms with Crippen molar-refractivity contribution in [2.24, 2.45) is 5.92 Å². The van der Waals surface area contributed by atoms with Crippen LogP contribution >= 0.6 is 58.0 Å². The number of carbonyl (C=O) groups is 10. The number of carboxylic acids is 1. The second-order valence-corrected chi connectivity index (χ2v) is 35.1. The third kappa shape index (κ3) is 23.1. The van der Waals surface area contributed by atoms with Crippen LogP contribution in [0.15, 0.2) is 212 Å². The van der Waals surface area contributed by atoms with Crippen LogP contribution in [0.5, 0.6) is 28.7 Å². The van der Waals surface area contributed by atoms with Crippen LogP contribution in [0.3, 0.4) is 0 Å². The van der Waals surface area contributed by atoms with Gasteiger partial charge in [-0.2, -0.15) is 0 Å². The Morgan fingerprint density at radius 1 is 0.348 bits per heavy atom. The Bertz CT molecular complexity index is 6850. The molecule has 1 aliphatic rings. The number of rotatable bonds is 27. The minimum Gasteiger partial charge on any atom is -0.497 e. The molecule has 5 heterocycles. The van der Waals surface area contributed by atoms with E-state index in [0.29, 0.717) is 134 Å². The summed E-state index contributed by atoms with van der Waals surface area (Å²) in [7, 11) is 8.06. The van der Waals surface area contributed by atoms with E-state index in [0.717, 1.165) is 148 Å². The van der Waals surface area contributed by atoms with Crippen molar-refractivity contribution in [2.45, 2.75) is 152 Å². The normalized spacial score (nSPS) is 12.0. The Hall–Kier alpha value is -13.2. The number of hydrogen-bond acceptors (Lipinski definition) is 15. The number of ketones is 4. The Morgan fingerprint density at radius 3 is 1.01 bits per heavy atom. The number of carbonyl (C=O) groups excluding carboxylic acids is 9. The average molecular weight is 1920 g/mol. The maximum Gasteiger partial charge on any atom is 0.307 e. The first-order valence-electron chi connectivity index (χ1n) is 44.5. The zero-order chi connectivity index (χ0) is 97.3. The molecule has 10 aromatic carbocycles. The number of halogens is 5. The van der Waals surface area contributed by atoms with E-state index in [1.165, 1.54) is 0 Å². The lowest BCUT2D eigenvalue weighted by atomic mass is 9.84. The van der Waals surface area contributed by atoms with Gasteiger partial charge < -0.3 is 43.2 Å². The maximum absolute atomic E-state index is 13.3. The topological polar surface area (TPSA) is 262 Å². The van der Waals surface area contributed by atoms with Gasteiger partial charge in [0.1, 0.15) is 51.9 Å². The smallest absolute Gasteiger partial charge is 0.307 e. The number of hydrogen-bond donors (Lipinski definition) is 1. The molecular weight excluding hydrogens is 1810 g/mol. The van der Waals surface area contributed by atoms with Crippen molar-refractivity contribution < 1.29 is 76.7 Å². The second-order valence-electron chi connectivity index (χ2n) is 33.0. The fourth-order valence-electron chi connectivity index (χ4n) is 17.5. The van der Waals surface area contributed by atoms with Gasteiger partial charge in [0, 0.05) is 134 Å². The molecule has 0 radical (unpaired) electrons. The van der Waals surface area contributed by atoms with Crippen LogP contribution in [0.2, 0.25) is 25.1 Å². The lowest BCUT2D eigenvalue weighted by Crippen LogP contribution is -2.24. The Kier molecular flexibility index (Phi) is 34.1. The molecule has 135 heavy (non-hydrogen) atoms. The molecular formula is C109H106Cl5N5O16. The monoisotopic (exact) mass is 1920 g/mol. The zero-order valence-corrected chi connectivity index (χ0v) is 81.4. The van der Waals surface area contributed by atoms with Crippen LogP contribution in [0.1, 0.15) is 195 Å². The number of aryl methyl sites for hydroxylation is 4. The number of ether oxygens (including phenoxy) is 5. The molecule has 5 aromatic heterocycles. The van der Waals surface area contributed by atoms with Crippen molar-refractivity contribution in [1.82, 2.24) is 22.8 Å². The lowest BCUT2D eigenvalue weighted by molar-refractivity contribution is -0.136. The SMILES string of the molecule is CCCc1c(CC(=O)O)c2cc(OC)ccc2n1C(=O)c1ccc(Cl)cc1.CCc1c(CCC(C)=O)c2cc(OC)ccc2n1C(=O)c1ccc(Cl)cc1.CCc1c(CCC(C)=O)n(C(=O)c2ccc(Cl)cc2)c2ccc(OC)cc12.COc1ccc2c(c1)c(C)c(CCCC(C)=O)n2C(=O)c1ccc(Cl)cc1.COc1ccc2c(c1)c1c(n2C(=O)c2ccc(Cl)cc2)CC(C(C)=O)CC1. The number of Topliss-reactive ketones (excluding diaryl/α,β-unsaturated/α-hetero) is 4. The fourth-order valence-corrected chi connectivity index (χ4v) is 18.1. The third-order valence-electron chi connectivity index (χ3n) is 24.2. The molecule has 0 saturated heterocycles. The molecule has 0 aliphatic heterocycles. The van der Waals surface area contributed by atoms with Crippen LogP contribution in [0.25, 0.3) is 54.5 Å². The van der Waals surface area contributed by atoms with E-state index >= 15 is 0 Å². The second kappa shape index (κ2) is 45.7. The number of nitrogens with zero attached hydrogens (tertiary/aromatic N) is 5. The highest BCUT2D eigenvalue weighted by molar-refractivity contribution is 6.32. The highest BCUT2D eigenvalue weighted by atomic mass is 35.5. The first kappa shape index (κ1) is 101. The minimum absolute atomic E-state index is 0.0412. The van der Waals surface area contributed by atoms with Crippen LogP contribution in [0.4, 0.5) is 0 Å². The van der Waals surface area contributed by atoms with Gasteiger partial charge in [0.2, 0.25) is 0 Å². The van der Waals surface area contributed by atoms with Gasteiger partial charge in [-0.15, -0.1) is 0 Å². The molecule has 1 unspecified atom stereocenters. The van der Waals surface area contributed by atoms with E-state index in [-0.39, 0.29) is 65.0 Å². The summed E-state index contributed by atoms with van der Waals surface area (Å²) in [5.74, 6) is 2.53. The van der Waals surface area contributed by atoms with Crippen LogP contribution in [-0.4, -0.2) is 122 Å². The quantitative estimate of drug-likeness (QED) is 0.0501. The number of aromatic nitrogens is 5. The summed E-state index contributed by atoms with van der Waals surface area (Å²) < 4.78 is 35.4. The summed E-state index contributed by atoms with van der Waals surface area (Å²) in [5.41, 5.74) is 16.1. The molecule has 0 bridgehead atoms. The van der Waals surface area contributed by atoms with Gasteiger partial charge >= 0.3 is 5.97 Å². The lowest BCUT2D eigenvalue weighted by Gasteiger charge is -2.22. The van der Waals surface area contributed by atoms with Gasteiger partial charge in [0.15, 0.2) is 0 Å². The molecule has 0 fully saturated rings. The van der Waals surface area contributed by atoms with E-state index in [9.17, 15) is 53.1 Å². The molecule has 0 amide bonds. The highest BCUT2D eigenvalue weighted by Gasteiger charge is 2.33. The van der Waals surface area contributed by atoms with Gasteiger partial charge in [0.25, 0.3) is 29.5 Å². The van der Waals surface area contributed by atoms with Crippen molar-refractivity contribution in [3.05, 3.63) is 322 Å². The average Bonchev–Trinajstić information content (AvgIpc) is 1.59. The first-order valence-corrected chi connectivity index (χ1v) is 46.4. The fraction of sp³-hybridized carbons (Fsp3) is 0.266. The predicted octanol–water partition coefficient (Wildman–Crippen LogP) is 24.6. The van der Waals surface area contributed by atoms with Crippen LogP contribution in [-0.2, 0) is 81.8 Å². The summed E-state index contributed by atoms with van der Waals surface area (Å²) in [5, 5.41) is 17.0. The summed E-state index contributed by atoms with van der Waals surface area (Å²) in [4.78, 5) is 124. The Morgan fingerprint density at radius 2 is 0.667 bits per heavy atom. The van der Waals surface area contributed by atoms with Gasteiger partial charge in [-0.3, -0.25) is 56.4 Å². The van der Waals surface area contributed by atoms with Crippen LogP contribution < -0.4 is 23.7 Å². The number of carboxylic acid groups (broad SMARTS) is 1. The molecule has 1 aliphatic carbocycles. The Balaban J connectivity index is 0.000000152. The van der Waals surface area contributed by atoms with E-state index in [1.807, 2.05) is 93.6 Å². The van der Waals surface area contributed by atoms with Crippen LogP contribution in [0, 0.1) is 12.8 Å². The molecule has 26 heteroatoms. The van der Waals surface area contributed by atoms with Gasteiger partial charge in [-0.05, 0) is 339 Å². The van der Waals surface area contributed by atoms with Crippen molar-refractivity contribution in [2.75, 3.05) is 35.5 Å². The molecule has 1 atom stereocenters. The summed E-state index contributed by atoms with van der Waals surface area (Å²) in [6, 6.07) is 62.5. The molecule has 15 aromatic rings. The molecule has 21 nitrogen and oxygen atoms in total. The molecule has 0 saturated carbocycles. The number of fused-ring (bicyclic) bond motifs is 7. The minimum atomic E-state index is -0.937.